The van der Waals surface area contributed by atoms with Crippen LogP contribution in [0.5, 0.6) is 0 Å². The maximum Gasteiger partial charge on any atom is 0.143 e. The molecule has 0 saturated carbocycles. The van der Waals surface area contributed by atoms with Crippen LogP contribution < -0.4 is 4.90 Å². The van der Waals surface area contributed by atoms with Crippen molar-refractivity contribution >= 4 is 81.3 Å². The summed E-state index contributed by atoms with van der Waals surface area (Å²) in [5.41, 5.74) is 14.7. The number of thiophene rings is 1. The van der Waals surface area contributed by atoms with E-state index in [-0.39, 0.29) is 0 Å². The zero-order valence-electron chi connectivity index (χ0n) is 33.1. The lowest BCUT2D eigenvalue weighted by molar-refractivity contribution is 0.672. The van der Waals surface area contributed by atoms with Crippen molar-refractivity contribution < 1.29 is 4.42 Å². The molecule has 286 valence electrons. The molecule has 61 heavy (non-hydrogen) atoms. The fourth-order valence-corrected chi connectivity index (χ4v) is 10.4. The predicted molar refractivity (Wildman–Crippen MR) is 261 cm³/mol. The molecule has 0 aliphatic rings. The Hall–Kier alpha value is -7.72. The Bertz CT molecular complexity index is 3550. The third kappa shape index (κ3) is 6.01. The van der Waals surface area contributed by atoms with Crippen LogP contribution in [0.1, 0.15) is 0 Å². The molecule has 2 heterocycles. The lowest BCUT2D eigenvalue weighted by Gasteiger charge is -2.26. The maximum atomic E-state index is 6.90. The molecule has 12 aromatic rings. The van der Waals surface area contributed by atoms with Gasteiger partial charge in [-0.2, -0.15) is 0 Å². The number of anilines is 3. The quantitative estimate of drug-likeness (QED) is 0.160. The average Bonchev–Trinajstić information content (AvgIpc) is 3.91. The van der Waals surface area contributed by atoms with E-state index in [2.05, 4.69) is 229 Å². The molecule has 2 aromatic heterocycles. The molecule has 2 nitrogen and oxygen atoms in total. The van der Waals surface area contributed by atoms with Gasteiger partial charge in [-0.1, -0.05) is 176 Å². The summed E-state index contributed by atoms with van der Waals surface area (Å²) < 4.78 is 9.47. The van der Waals surface area contributed by atoms with Gasteiger partial charge < -0.3 is 9.32 Å². The van der Waals surface area contributed by atoms with Crippen molar-refractivity contribution in [1.82, 2.24) is 0 Å². The first-order valence-corrected chi connectivity index (χ1v) is 21.6. The standard InChI is InChI=1S/C58H37NOS/c1-4-14-38(15-5-1)40-26-28-42(29-27-40)43-32-35-47-49-22-12-23-50(58(49)61-55(47)36-43)51-37-52-56-53(24-13-25-54(56)60-57(52)48-21-11-10-20-46(48)51)59(44-18-8-3-9-19-44)45-33-30-41(31-34-45)39-16-6-2-7-17-39/h1-37H. The highest BCUT2D eigenvalue weighted by molar-refractivity contribution is 7.26. The summed E-state index contributed by atoms with van der Waals surface area (Å²) in [5, 5.41) is 7.03. The lowest BCUT2D eigenvalue weighted by atomic mass is 9.94. The molecule has 0 bridgehead atoms. The molecule has 0 aliphatic carbocycles. The number of hydrogen-bond acceptors (Lipinski definition) is 3. The zero-order chi connectivity index (χ0) is 40.3. The Labute approximate surface area is 357 Å². The van der Waals surface area contributed by atoms with Gasteiger partial charge in [0.1, 0.15) is 11.2 Å². The number of fused-ring (bicyclic) bond motifs is 8. The van der Waals surface area contributed by atoms with Crippen molar-refractivity contribution in [3.63, 3.8) is 0 Å². The smallest absolute Gasteiger partial charge is 0.143 e. The minimum absolute atomic E-state index is 0.862. The number of furan rings is 1. The monoisotopic (exact) mass is 795 g/mol. The summed E-state index contributed by atoms with van der Waals surface area (Å²) in [6, 6.07) is 80.9. The highest BCUT2D eigenvalue weighted by Crippen LogP contribution is 2.48. The van der Waals surface area contributed by atoms with Gasteiger partial charge in [-0.3, -0.25) is 0 Å². The summed E-state index contributed by atoms with van der Waals surface area (Å²) in [5.74, 6) is 0. The highest BCUT2D eigenvalue weighted by atomic mass is 32.1. The fourth-order valence-electron chi connectivity index (χ4n) is 9.15. The van der Waals surface area contributed by atoms with Gasteiger partial charge in [-0.25, -0.2) is 0 Å². The number of hydrogen-bond donors (Lipinski definition) is 0. The van der Waals surface area contributed by atoms with Crippen molar-refractivity contribution in [2.24, 2.45) is 0 Å². The van der Waals surface area contributed by atoms with Crippen molar-refractivity contribution in [1.29, 1.82) is 0 Å². The van der Waals surface area contributed by atoms with Crippen LogP contribution in [0.25, 0.3) is 97.4 Å². The van der Waals surface area contributed by atoms with E-state index in [4.69, 9.17) is 4.42 Å². The molecule has 0 N–H and O–H groups in total. The normalized spacial score (nSPS) is 11.6. The van der Waals surface area contributed by atoms with E-state index in [9.17, 15) is 0 Å². The topological polar surface area (TPSA) is 16.4 Å². The molecule has 12 rings (SSSR count). The van der Waals surface area contributed by atoms with Gasteiger partial charge in [0.25, 0.3) is 0 Å². The van der Waals surface area contributed by atoms with Crippen LogP contribution in [-0.4, -0.2) is 0 Å². The van der Waals surface area contributed by atoms with Gasteiger partial charge >= 0.3 is 0 Å². The van der Waals surface area contributed by atoms with Crippen molar-refractivity contribution in [2.75, 3.05) is 4.90 Å². The molecule has 0 fully saturated rings. The second-order valence-corrected chi connectivity index (χ2v) is 16.7. The second-order valence-electron chi connectivity index (χ2n) is 15.6. The Morgan fingerprint density at radius 1 is 0.344 bits per heavy atom. The van der Waals surface area contributed by atoms with Crippen LogP contribution in [0.15, 0.2) is 229 Å². The largest absolute Gasteiger partial charge is 0.455 e. The van der Waals surface area contributed by atoms with Crippen LogP contribution >= 0.6 is 11.3 Å². The predicted octanol–water partition coefficient (Wildman–Crippen LogP) is 17.2. The van der Waals surface area contributed by atoms with Gasteiger partial charge in [-0.15, -0.1) is 11.3 Å². The molecular formula is C58H37NOS. The molecule has 0 atom stereocenters. The van der Waals surface area contributed by atoms with Gasteiger partial charge in [0.15, 0.2) is 0 Å². The summed E-state index contributed by atoms with van der Waals surface area (Å²) in [6.07, 6.45) is 0. The molecular weight excluding hydrogens is 759 g/mol. The highest BCUT2D eigenvalue weighted by Gasteiger charge is 2.23. The van der Waals surface area contributed by atoms with Gasteiger partial charge in [-0.05, 0) is 92.9 Å². The molecule has 0 unspecified atom stereocenters. The van der Waals surface area contributed by atoms with E-state index in [0.717, 1.165) is 44.4 Å². The number of para-hydroxylation sites is 1. The van der Waals surface area contributed by atoms with E-state index in [1.165, 1.54) is 70.1 Å². The van der Waals surface area contributed by atoms with Gasteiger partial charge in [0.2, 0.25) is 0 Å². The minimum atomic E-state index is 0.862. The van der Waals surface area contributed by atoms with Crippen molar-refractivity contribution in [3.05, 3.63) is 224 Å². The lowest BCUT2D eigenvalue weighted by Crippen LogP contribution is -2.10. The Kier molecular flexibility index (Phi) is 8.39. The Morgan fingerprint density at radius 3 is 1.59 bits per heavy atom. The molecule has 0 aliphatic heterocycles. The molecule has 0 saturated heterocycles. The first-order chi connectivity index (χ1) is 30.2. The number of benzene rings is 10. The van der Waals surface area contributed by atoms with Crippen LogP contribution in [0.3, 0.4) is 0 Å². The van der Waals surface area contributed by atoms with Crippen LogP contribution in [0.4, 0.5) is 17.1 Å². The van der Waals surface area contributed by atoms with Crippen LogP contribution in [-0.2, 0) is 0 Å². The van der Waals surface area contributed by atoms with Crippen LogP contribution in [0.2, 0.25) is 0 Å². The fraction of sp³-hybridized carbons (Fsp3) is 0. The minimum Gasteiger partial charge on any atom is -0.455 e. The van der Waals surface area contributed by atoms with Crippen molar-refractivity contribution in [2.45, 2.75) is 0 Å². The molecule has 0 amide bonds. The van der Waals surface area contributed by atoms with E-state index in [0.29, 0.717) is 0 Å². The van der Waals surface area contributed by atoms with E-state index in [1.807, 2.05) is 11.3 Å². The van der Waals surface area contributed by atoms with Gasteiger partial charge in [0, 0.05) is 47.9 Å². The van der Waals surface area contributed by atoms with E-state index >= 15 is 0 Å². The van der Waals surface area contributed by atoms with Gasteiger partial charge in [0.05, 0.1) is 11.1 Å². The summed E-state index contributed by atoms with van der Waals surface area (Å²) in [7, 11) is 0. The molecule has 0 spiro atoms. The third-order valence-corrected chi connectivity index (χ3v) is 13.3. The van der Waals surface area contributed by atoms with E-state index < -0.39 is 0 Å². The molecule has 10 aromatic carbocycles. The summed E-state index contributed by atoms with van der Waals surface area (Å²) in [4.78, 5) is 2.36. The summed E-state index contributed by atoms with van der Waals surface area (Å²) >= 11 is 1.88. The first kappa shape index (κ1) is 35.2. The second kappa shape index (κ2) is 14.5. The SMILES string of the molecule is c1ccc(-c2ccc(-c3ccc4c(c3)sc3c(-c5cc6c(oc7cccc(N(c8ccccc8)c8ccc(-c9ccccc9)cc8)c76)c6ccccc56)cccc34)cc2)cc1. The molecule has 3 heteroatoms. The van der Waals surface area contributed by atoms with E-state index in [1.54, 1.807) is 0 Å². The Morgan fingerprint density at radius 2 is 0.885 bits per heavy atom. The van der Waals surface area contributed by atoms with Crippen molar-refractivity contribution in [3.8, 4) is 44.5 Å². The number of nitrogens with zero attached hydrogens (tertiary/aromatic N) is 1. The first-order valence-electron chi connectivity index (χ1n) is 20.7. The average molecular weight is 796 g/mol. The maximum absolute atomic E-state index is 6.90. The molecule has 0 radical (unpaired) electrons. The van der Waals surface area contributed by atoms with Crippen LogP contribution in [0, 0.1) is 0 Å². The summed E-state index contributed by atoms with van der Waals surface area (Å²) in [6.45, 7) is 0. The Balaban J connectivity index is 1.03. The third-order valence-electron chi connectivity index (χ3n) is 12.1. The number of rotatable bonds is 7. The zero-order valence-corrected chi connectivity index (χ0v) is 33.9.